The van der Waals surface area contributed by atoms with Gasteiger partial charge in [-0.2, -0.15) is 0 Å². The first kappa shape index (κ1) is 11.2. The lowest BCUT2D eigenvalue weighted by Gasteiger charge is -2.22. The molecule has 0 aromatic carbocycles. The monoisotopic (exact) mass is 172 g/mol. The maximum absolute atomic E-state index is 8.04. The SMILES string of the molecule is COCC(C)N(C)CCN=[N+]=[N-]. The Morgan fingerprint density at radius 1 is 1.67 bits per heavy atom. The average Bonchev–Trinajstić information content (AvgIpc) is 2.05. The first-order chi connectivity index (χ1) is 5.72. The van der Waals surface area contributed by atoms with Gasteiger partial charge in [0.1, 0.15) is 0 Å². The summed E-state index contributed by atoms with van der Waals surface area (Å²) < 4.78 is 4.99. The predicted molar refractivity (Wildman–Crippen MR) is 48.0 cm³/mol. The van der Waals surface area contributed by atoms with Crippen LogP contribution in [-0.4, -0.2) is 44.8 Å². The summed E-state index contributed by atoms with van der Waals surface area (Å²) in [6.45, 7) is 4.06. The zero-order valence-corrected chi connectivity index (χ0v) is 7.90. The molecule has 0 aliphatic rings. The number of rotatable bonds is 6. The van der Waals surface area contributed by atoms with Gasteiger partial charge in [0.25, 0.3) is 0 Å². The van der Waals surface area contributed by atoms with Gasteiger partial charge in [-0.25, -0.2) is 0 Å². The van der Waals surface area contributed by atoms with Crippen molar-refractivity contribution < 1.29 is 4.74 Å². The molecular formula is C7H16N4O. The molecule has 1 unspecified atom stereocenters. The maximum Gasteiger partial charge on any atom is 0.0615 e. The normalized spacial score (nSPS) is 12.7. The van der Waals surface area contributed by atoms with Crippen LogP contribution in [0.25, 0.3) is 10.4 Å². The van der Waals surface area contributed by atoms with E-state index in [1.807, 2.05) is 7.05 Å². The van der Waals surface area contributed by atoms with Crippen molar-refractivity contribution in [1.29, 1.82) is 0 Å². The van der Waals surface area contributed by atoms with Crippen LogP contribution in [0.1, 0.15) is 6.92 Å². The van der Waals surface area contributed by atoms with E-state index in [0.717, 1.165) is 6.54 Å². The van der Waals surface area contributed by atoms with Gasteiger partial charge in [0.05, 0.1) is 6.61 Å². The predicted octanol–water partition coefficient (Wildman–Crippen LogP) is 1.26. The van der Waals surface area contributed by atoms with Gasteiger partial charge in [-0.3, -0.25) is 0 Å². The zero-order chi connectivity index (χ0) is 9.40. The summed E-state index contributed by atoms with van der Waals surface area (Å²) in [6, 6.07) is 0.365. The van der Waals surface area contributed by atoms with Crippen LogP contribution < -0.4 is 0 Å². The maximum atomic E-state index is 8.04. The van der Waals surface area contributed by atoms with Crippen molar-refractivity contribution in [2.45, 2.75) is 13.0 Å². The van der Waals surface area contributed by atoms with Crippen molar-refractivity contribution in [2.24, 2.45) is 5.11 Å². The lowest BCUT2D eigenvalue weighted by molar-refractivity contribution is 0.117. The number of likely N-dealkylation sites (N-methyl/N-ethyl adjacent to an activating group) is 1. The van der Waals surface area contributed by atoms with Crippen molar-refractivity contribution in [3.8, 4) is 0 Å². The number of methoxy groups -OCH3 is 1. The molecule has 0 bridgehead atoms. The molecule has 0 saturated heterocycles. The van der Waals surface area contributed by atoms with Crippen molar-refractivity contribution in [3.05, 3.63) is 10.4 Å². The second kappa shape index (κ2) is 6.91. The van der Waals surface area contributed by atoms with Gasteiger partial charge in [-0.15, -0.1) is 0 Å². The third kappa shape index (κ3) is 4.96. The zero-order valence-electron chi connectivity index (χ0n) is 7.90. The summed E-state index contributed by atoms with van der Waals surface area (Å²) in [5.41, 5.74) is 8.04. The Bertz CT molecular complexity index is 155. The van der Waals surface area contributed by atoms with Crippen LogP contribution in [0.2, 0.25) is 0 Å². The van der Waals surface area contributed by atoms with E-state index >= 15 is 0 Å². The van der Waals surface area contributed by atoms with E-state index in [4.69, 9.17) is 10.3 Å². The van der Waals surface area contributed by atoms with Gasteiger partial charge >= 0.3 is 0 Å². The second-order valence-corrected chi connectivity index (χ2v) is 2.74. The highest BCUT2D eigenvalue weighted by Crippen LogP contribution is 1.94. The van der Waals surface area contributed by atoms with Gasteiger partial charge in [0.2, 0.25) is 0 Å². The lowest BCUT2D eigenvalue weighted by Crippen LogP contribution is -2.34. The first-order valence-electron chi connectivity index (χ1n) is 3.92. The molecule has 0 heterocycles. The van der Waals surface area contributed by atoms with Crippen LogP contribution >= 0.6 is 0 Å². The Morgan fingerprint density at radius 2 is 2.33 bits per heavy atom. The number of azide groups is 1. The second-order valence-electron chi connectivity index (χ2n) is 2.74. The third-order valence-corrected chi connectivity index (χ3v) is 1.78. The van der Waals surface area contributed by atoms with Crippen LogP contribution in [0.4, 0.5) is 0 Å². The molecule has 0 fully saturated rings. The largest absolute Gasteiger partial charge is 0.383 e. The molecule has 0 spiro atoms. The Kier molecular flexibility index (Phi) is 6.47. The Hall–Kier alpha value is -0.770. The van der Waals surface area contributed by atoms with E-state index in [2.05, 4.69) is 21.8 Å². The molecule has 0 saturated carbocycles. The van der Waals surface area contributed by atoms with E-state index < -0.39 is 0 Å². The fraction of sp³-hybridized carbons (Fsp3) is 1.00. The van der Waals surface area contributed by atoms with E-state index in [9.17, 15) is 0 Å². The number of nitrogens with zero attached hydrogens (tertiary/aromatic N) is 4. The lowest BCUT2D eigenvalue weighted by atomic mass is 10.3. The fourth-order valence-electron chi connectivity index (χ4n) is 0.836. The highest BCUT2D eigenvalue weighted by atomic mass is 16.5. The highest BCUT2D eigenvalue weighted by molar-refractivity contribution is 4.63. The summed E-state index contributed by atoms with van der Waals surface area (Å²) in [5, 5.41) is 3.45. The fourth-order valence-corrected chi connectivity index (χ4v) is 0.836. The highest BCUT2D eigenvalue weighted by Gasteiger charge is 2.06. The smallest absolute Gasteiger partial charge is 0.0615 e. The summed E-state index contributed by atoms with van der Waals surface area (Å²) >= 11 is 0. The van der Waals surface area contributed by atoms with Crippen molar-refractivity contribution >= 4 is 0 Å². The molecule has 1 atom stereocenters. The number of hydrogen-bond acceptors (Lipinski definition) is 3. The van der Waals surface area contributed by atoms with Gasteiger partial charge in [-0.05, 0) is 19.5 Å². The van der Waals surface area contributed by atoms with E-state index in [-0.39, 0.29) is 0 Å². The van der Waals surface area contributed by atoms with Crippen LogP contribution in [-0.2, 0) is 4.74 Å². The van der Waals surface area contributed by atoms with Crippen LogP contribution in [0.3, 0.4) is 0 Å². The van der Waals surface area contributed by atoms with Crippen molar-refractivity contribution in [2.75, 3.05) is 33.9 Å². The molecule has 0 aromatic heterocycles. The summed E-state index contributed by atoms with van der Waals surface area (Å²) in [5.74, 6) is 0. The molecule has 12 heavy (non-hydrogen) atoms. The minimum absolute atomic E-state index is 0.365. The van der Waals surface area contributed by atoms with Crippen LogP contribution in [0.15, 0.2) is 5.11 Å². The summed E-state index contributed by atoms with van der Waals surface area (Å²) in [6.07, 6.45) is 0. The third-order valence-electron chi connectivity index (χ3n) is 1.78. The molecule has 5 heteroatoms. The van der Waals surface area contributed by atoms with Gasteiger partial charge in [0, 0.05) is 31.2 Å². The summed E-state index contributed by atoms with van der Waals surface area (Å²) in [7, 11) is 3.66. The molecule has 0 amide bonds. The summed E-state index contributed by atoms with van der Waals surface area (Å²) in [4.78, 5) is 4.78. The molecule has 5 nitrogen and oxygen atoms in total. The van der Waals surface area contributed by atoms with Crippen LogP contribution in [0.5, 0.6) is 0 Å². The van der Waals surface area contributed by atoms with Gasteiger partial charge in [-0.1, -0.05) is 5.11 Å². The molecule has 0 N–H and O–H groups in total. The molecule has 70 valence electrons. The van der Waals surface area contributed by atoms with Crippen LogP contribution in [0, 0.1) is 0 Å². The Balaban J connectivity index is 3.55. The van der Waals surface area contributed by atoms with Gasteiger partial charge in [0.15, 0.2) is 0 Å². The molecule has 0 aliphatic heterocycles. The molecular weight excluding hydrogens is 156 g/mol. The topological polar surface area (TPSA) is 61.2 Å². The van der Waals surface area contributed by atoms with E-state index in [1.54, 1.807) is 7.11 Å². The molecule has 0 radical (unpaired) electrons. The standard InChI is InChI=1S/C7H16N4O/c1-7(6-12-3)11(2)5-4-9-10-8/h7H,4-6H2,1-3H3. The molecule has 0 rings (SSSR count). The quantitative estimate of drug-likeness (QED) is 0.344. The molecule has 0 aliphatic carbocycles. The van der Waals surface area contributed by atoms with E-state index in [1.165, 1.54) is 0 Å². The number of ether oxygens (including phenoxy) is 1. The number of hydrogen-bond donors (Lipinski definition) is 0. The first-order valence-corrected chi connectivity index (χ1v) is 3.92. The van der Waals surface area contributed by atoms with E-state index in [0.29, 0.717) is 19.2 Å². The molecule has 0 aromatic rings. The van der Waals surface area contributed by atoms with Crippen molar-refractivity contribution in [1.82, 2.24) is 4.90 Å². The van der Waals surface area contributed by atoms with Crippen molar-refractivity contribution in [3.63, 3.8) is 0 Å². The Labute approximate surface area is 72.9 Å². The Morgan fingerprint density at radius 3 is 2.83 bits per heavy atom. The van der Waals surface area contributed by atoms with Gasteiger partial charge < -0.3 is 9.64 Å². The minimum atomic E-state index is 0.365. The average molecular weight is 172 g/mol. The minimum Gasteiger partial charge on any atom is -0.383 e.